The monoisotopic (exact) mass is 636 g/mol. The van der Waals surface area contributed by atoms with Crippen molar-refractivity contribution in [1.29, 1.82) is 0 Å². The molecule has 7 rings (SSSR count). The number of para-hydroxylation sites is 3. The number of benzene rings is 6. The van der Waals surface area contributed by atoms with Gasteiger partial charge in [-0.15, -0.1) is 0 Å². The summed E-state index contributed by atoms with van der Waals surface area (Å²) in [5, 5.41) is 0. The average Bonchev–Trinajstić information content (AvgIpc) is 3.15. The zero-order valence-corrected chi connectivity index (χ0v) is 27.9. The maximum atomic E-state index is 8.04. The van der Waals surface area contributed by atoms with Crippen molar-refractivity contribution in [1.82, 2.24) is 0 Å². The van der Waals surface area contributed by atoms with E-state index in [1.807, 2.05) is 72.8 Å². The Labute approximate surface area is 289 Å². The molecule has 0 bridgehead atoms. The first-order chi connectivity index (χ1) is 23.8. The summed E-state index contributed by atoms with van der Waals surface area (Å²) in [5.41, 5.74) is 24.2. The molecule has 1 atom stereocenters. The first-order valence-corrected chi connectivity index (χ1v) is 16.6. The predicted molar refractivity (Wildman–Crippen MR) is 206 cm³/mol. The van der Waals surface area contributed by atoms with Gasteiger partial charge in [0.15, 0.2) is 5.66 Å². The van der Waals surface area contributed by atoms with Crippen LogP contribution in [0.3, 0.4) is 0 Å². The van der Waals surface area contributed by atoms with Crippen LogP contribution in [0.1, 0.15) is 47.2 Å². The van der Waals surface area contributed by atoms with Gasteiger partial charge < -0.3 is 10.6 Å². The number of allylic oxidation sites excluding steroid dienone is 1. The molecular weight excluding hydrogens is 597 g/mol. The maximum absolute atomic E-state index is 8.04. The molecule has 1 aliphatic rings. The van der Waals surface area contributed by atoms with Crippen LogP contribution in [0.4, 0.5) is 17.1 Å². The van der Waals surface area contributed by atoms with Crippen molar-refractivity contribution in [3.63, 3.8) is 0 Å². The second-order valence-electron chi connectivity index (χ2n) is 12.9. The van der Waals surface area contributed by atoms with Gasteiger partial charge in [-0.05, 0) is 52.1 Å². The summed E-state index contributed by atoms with van der Waals surface area (Å²) in [6, 6.07) is 55.8. The molecule has 4 nitrogen and oxygen atoms in total. The molecule has 0 fully saturated rings. The lowest BCUT2D eigenvalue weighted by Crippen LogP contribution is -2.46. The van der Waals surface area contributed by atoms with Gasteiger partial charge >= 0.3 is 0 Å². The minimum Gasteiger partial charge on any atom is -0.398 e. The van der Waals surface area contributed by atoms with Crippen LogP contribution < -0.4 is 16.4 Å². The van der Waals surface area contributed by atoms with Gasteiger partial charge in [0.1, 0.15) is 0 Å². The van der Waals surface area contributed by atoms with Gasteiger partial charge in [0, 0.05) is 22.2 Å². The number of nitrogens with two attached hydrogens (primary N) is 2. The number of hydrogen-bond donors (Lipinski definition) is 2. The number of nitrogen functional groups attached to an aromatic ring is 1. The van der Waals surface area contributed by atoms with E-state index in [2.05, 4.69) is 116 Å². The van der Waals surface area contributed by atoms with Crippen molar-refractivity contribution in [3.05, 3.63) is 216 Å². The number of hydrogen-bond acceptors (Lipinski definition) is 4. The summed E-state index contributed by atoms with van der Waals surface area (Å²) in [4.78, 5) is 7.89. The minimum absolute atomic E-state index is 0.281. The Bertz CT molecular complexity index is 2130. The summed E-state index contributed by atoms with van der Waals surface area (Å²) < 4.78 is 0. The van der Waals surface area contributed by atoms with E-state index in [1.54, 1.807) is 6.08 Å². The summed E-state index contributed by atoms with van der Waals surface area (Å²) in [6.45, 7) is 8.79. The van der Waals surface area contributed by atoms with Gasteiger partial charge in [0.2, 0.25) is 0 Å². The van der Waals surface area contributed by atoms with Crippen molar-refractivity contribution in [2.24, 2.45) is 10.7 Å². The highest BCUT2D eigenvalue weighted by Crippen LogP contribution is 2.54. The lowest BCUT2D eigenvalue weighted by Gasteiger charge is -2.47. The fourth-order valence-electron chi connectivity index (χ4n) is 7.11. The molecule has 0 spiro atoms. The largest absolute Gasteiger partial charge is 0.398 e. The molecule has 1 aliphatic heterocycles. The quantitative estimate of drug-likeness (QED) is 0.129. The zero-order chi connectivity index (χ0) is 34.0. The van der Waals surface area contributed by atoms with E-state index < -0.39 is 5.66 Å². The second kappa shape index (κ2) is 12.9. The summed E-state index contributed by atoms with van der Waals surface area (Å²) in [7, 11) is 0. The third-order valence-electron chi connectivity index (χ3n) is 9.52. The number of aliphatic imine (C=N–C) groups is 1. The molecule has 4 N–H and O–H groups in total. The summed E-state index contributed by atoms with van der Waals surface area (Å²) in [6.07, 6.45) is 1.79. The molecule has 4 heteroatoms. The molecule has 0 radical (unpaired) electrons. The van der Waals surface area contributed by atoms with Gasteiger partial charge in [-0.25, -0.2) is 0 Å². The van der Waals surface area contributed by atoms with Crippen LogP contribution in [-0.2, 0) is 11.1 Å². The molecule has 0 saturated heterocycles. The summed E-state index contributed by atoms with van der Waals surface area (Å²) in [5.74, 6) is 0. The lowest BCUT2D eigenvalue weighted by atomic mass is 9.72. The van der Waals surface area contributed by atoms with Crippen LogP contribution in [0.5, 0.6) is 0 Å². The Balaban J connectivity index is 1.72. The lowest BCUT2D eigenvalue weighted by molar-refractivity contribution is 0.541. The highest BCUT2D eigenvalue weighted by molar-refractivity contribution is 6.09. The molecule has 1 heterocycles. The predicted octanol–water partition coefficient (Wildman–Crippen LogP) is 9.99. The first-order valence-electron chi connectivity index (χ1n) is 16.6. The van der Waals surface area contributed by atoms with Crippen molar-refractivity contribution < 1.29 is 0 Å². The van der Waals surface area contributed by atoms with Gasteiger partial charge in [0.25, 0.3) is 0 Å². The molecule has 0 aliphatic carbocycles. The van der Waals surface area contributed by atoms with Gasteiger partial charge in [0.05, 0.1) is 22.8 Å². The van der Waals surface area contributed by atoms with Crippen LogP contribution in [0.15, 0.2) is 187 Å². The highest BCUT2D eigenvalue weighted by Gasteiger charge is 2.45. The fourth-order valence-corrected chi connectivity index (χ4v) is 7.11. The molecule has 6 aromatic rings. The van der Waals surface area contributed by atoms with Crippen LogP contribution in [0.25, 0.3) is 5.57 Å². The molecule has 1 unspecified atom stereocenters. The van der Waals surface area contributed by atoms with E-state index in [-0.39, 0.29) is 5.41 Å². The third kappa shape index (κ3) is 5.56. The van der Waals surface area contributed by atoms with Crippen molar-refractivity contribution in [2.45, 2.75) is 24.9 Å². The smallest absolute Gasteiger partial charge is 0.176 e. The highest BCUT2D eigenvalue weighted by atomic mass is 15.2. The third-order valence-corrected chi connectivity index (χ3v) is 9.52. The van der Waals surface area contributed by atoms with E-state index in [1.165, 1.54) is 11.1 Å². The fraction of sp³-hybridized carbons (Fsp3) is 0.0889. The van der Waals surface area contributed by atoms with E-state index >= 15 is 0 Å². The van der Waals surface area contributed by atoms with E-state index in [0.29, 0.717) is 11.4 Å². The van der Waals surface area contributed by atoms with Crippen LogP contribution in [-0.4, -0.2) is 5.71 Å². The zero-order valence-electron chi connectivity index (χ0n) is 27.9. The number of rotatable bonds is 8. The number of fused-ring (bicyclic) bond motifs is 2. The molecule has 0 saturated carbocycles. The van der Waals surface area contributed by atoms with E-state index in [0.717, 1.165) is 44.9 Å². The molecule has 49 heavy (non-hydrogen) atoms. The Kier molecular flexibility index (Phi) is 8.33. The second-order valence-corrected chi connectivity index (χ2v) is 12.9. The summed E-state index contributed by atoms with van der Waals surface area (Å²) >= 11 is 0. The Morgan fingerprint density at radius 3 is 1.65 bits per heavy atom. The van der Waals surface area contributed by atoms with Crippen LogP contribution >= 0.6 is 0 Å². The number of nitrogens with zero attached hydrogens (tertiary/aromatic N) is 2. The Hall–Kier alpha value is -5.97. The van der Waals surface area contributed by atoms with Crippen LogP contribution in [0, 0.1) is 0 Å². The first kappa shape index (κ1) is 31.6. The van der Waals surface area contributed by atoms with E-state index in [9.17, 15) is 0 Å². The maximum Gasteiger partial charge on any atom is 0.176 e. The Morgan fingerprint density at radius 1 is 0.633 bits per heavy atom. The van der Waals surface area contributed by atoms with Crippen molar-refractivity contribution in [2.75, 3.05) is 10.6 Å². The molecular formula is C45H40N4. The molecule has 6 aromatic carbocycles. The normalized spacial score (nSPS) is 15.3. The topological polar surface area (TPSA) is 67.6 Å². The van der Waals surface area contributed by atoms with Crippen molar-refractivity contribution >= 4 is 28.3 Å². The molecule has 0 aromatic heterocycles. The molecule has 240 valence electrons. The Morgan fingerprint density at radius 2 is 1.10 bits per heavy atom. The van der Waals surface area contributed by atoms with Crippen molar-refractivity contribution in [3.8, 4) is 0 Å². The van der Waals surface area contributed by atoms with Crippen LogP contribution in [0.2, 0.25) is 0 Å². The van der Waals surface area contributed by atoms with Gasteiger partial charge in [-0.1, -0.05) is 166 Å². The van der Waals surface area contributed by atoms with E-state index in [4.69, 9.17) is 16.5 Å². The molecule has 0 amide bonds. The average molecular weight is 637 g/mol. The standard InChI is InChI=1S/C45H40N4/c1-4-39(32-20-8-5-9-21-32)48-45(47,34-24-12-7-13-25-34)43(42(33-22-10-6-11-23-33)35-26-14-17-29-38(35)46)49-40-30-18-15-27-36(40)44(2,3)37-28-16-19-31-41(37)49/h4-31H,1,46-47H2,2-3H3/b43-42?,48-39+. The number of anilines is 3. The van der Waals surface area contributed by atoms with Gasteiger partial charge in [-0.3, -0.25) is 10.7 Å². The van der Waals surface area contributed by atoms with Gasteiger partial charge in [-0.2, -0.15) is 0 Å². The SMILES string of the molecule is C=C/C(=N\C(N)(C(=C(c1ccccc1)c1ccccc1N)N1c2ccccc2C(C)(C)c2ccccc21)c1ccccc1)c1ccccc1. The minimum atomic E-state index is -1.45.